The molecule has 0 aliphatic carbocycles. The molecule has 28 heavy (non-hydrogen) atoms. The third kappa shape index (κ3) is 2.85. The van der Waals surface area contributed by atoms with E-state index in [9.17, 15) is 0 Å². The molecular formula is C24H18N4. The number of hydrogen-bond donors (Lipinski definition) is 1. The van der Waals surface area contributed by atoms with Gasteiger partial charge < -0.3 is 0 Å². The van der Waals surface area contributed by atoms with Crippen LogP contribution in [0.4, 0.5) is 0 Å². The maximum Gasteiger partial charge on any atom is 0.0827 e. The zero-order valence-corrected chi connectivity index (χ0v) is 15.4. The van der Waals surface area contributed by atoms with Crippen LogP contribution < -0.4 is 0 Å². The summed E-state index contributed by atoms with van der Waals surface area (Å²) in [6, 6.07) is 23.1. The van der Waals surface area contributed by atoms with Crippen molar-refractivity contribution in [2.75, 3.05) is 0 Å². The van der Waals surface area contributed by atoms with Gasteiger partial charge in [0, 0.05) is 34.5 Å². The van der Waals surface area contributed by atoms with Crippen LogP contribution in [0.5, 0.6) is 0 Å². The summed E-state index contributed by atoms with van der Waals surface area (Å²) in [5.74, 6) is 0. The molecule has 0 saturated carbocycles. The van der Waals surface area contributed by atoms with E-state index >= 15 is 0 Å². The van der Waals surface area contributed by atoms with E-state index < -0.39 is 0 Å². The first-order chi connectivity index (χ1) is 13.8. The number of hydrogen-bond acceptors (Lipinski definition) is 3. The van der Waals surface area contributed by atoms with Crippen molar-refractivity contribution in [3.05, 3.63) is 90.9 Å². The molecule has 0 radical (unpaired) electrons. The Bertz CT molecular complexity index is 1240. The third-order valence-electron chi connectivity index (χ3n) is 4.92. The molecule has 5 rings (SSSR count). The van der Waals surface area contributed by atoms with Gasteiger partial charge in [-0.3, -0.25) is 10.1 Å². The van der Waals surface area contributed by atoms with E-state index in [0.29, 0.717) is 0 Å². The van der Waals surface area contributed by atoms with E-state index in [1.807, 2.05) is 18.3 Å². The Morgan fingerprint density at radius 2 is 1.61 bits per heavy atom. The average molecular weight is 362 g/mol. The number of H-pyrrole nitrogens is 1. The van der Waals surface area contributed by atoms with Gasteiger partial charge >= 0.3 is 0 Å². The Balaban J connectivity index is 1.83. The normalized spacial score (nSPS) is 11.0. The Kier molecular flexibility index (Phi) is 3.95. The topological polar surface area (TPSA) is 54.5 Å². The molecule has 5 aromatic rings. The van der Waals surface area contributed by atoms with E-state index in [4.69, 9.17) is 4.98 Å². The lowest BCUT2D eigenvalue weighted by molar-refractivity contribution is 1.09. The molecule has 3 heterocycles. The summed E-state index contributed by atoms with van der Waals surface area (Å²) in [6.45, 7) is 2.10. The van der Waals surface area contributed by atoms with Crippen LogP contribution in [0.3, 0.4) is 0 Å². The fraction of sp³-hybridized carbons (Fsp3) is 0.0417. The Hall–Kier alpha value is -3.79. The molecule has 0 fully saturated rings. The van der Waals surface area contributed by atoms with Gasteiger partial charge in [-0.1, -0.05) is 60.2 Å². The predicted molar refractivity (Wildman–Crippen MR) is 113 cm³/mol. The van der Waals surface area contributed by atoms with Crippen LogP contribution in [0.15, 0.2) is 85.3 Å². The lowest BCUT2D eigenvalue weighted by Crippen LogP contribution is -1.94. The number of rotatable bonds is 3. The van der Waals surface area contributed by atoms with Crippen molar-refractivity contribution in [2.45, 2.75) is 6.92 Å². The molecular weight excluding hydrogens is 344 g/mol. The minimum Gasteiger partial charge on any atom is -0.285 e. The Labute approximate surface area is 162 Å². The average Bonchev–Trinajstić information content (AvgIpc) is 3.28. The number of benzene rings is 2. The predicted octanol–water partition coefficient (Wildman–Crippen LogP) is 5.66. The van der Waals surface area contributed by atoms with Crippen molar-refractivity contribution >= 4 is 10.9 Å². The van der Waals surface area contributed by atoms with Gasteiger partial charge in [-0.05, 0) is 24.6 Å². The highest BCUT2D eigenvalue weighted by Gasteiger charge is 2.15. The largest absolute Gasteiger partial charge is 0.285 e. The van der Waals surface area contributed by atoms with Crippen molar-refractivity contribution in [1.29, 1.82) is 0 Å². The SMILES string of the molecule is Cc1ccc(-c2nc3ccnc(-c4cn[nH]c4)c3cc2-c2ccccc2)cc1. The summed E-state index contributed by atoms with van der Waals surface area (Å²) < 4.78 is 0. The van der Waals surface area contributed by atoms with Gasteiger partial charge in [0.1, 0.15) is 0 Å². The molecule has 1 N–H and O–H groups in total. The van der Waals surface area contributed by atoms with Crippen molar-refractivity contribution < 1.29 is 0 Å². The maximum atomic E-state index is 5.05. The van der Waals surface area contributed by atoms with Gasteiger partial charge in [0.05, 0.1) is 23.1 Å². The van der Waals surface area contributed by atoms with Crippen molar-refractivity contribution in [3.8, 4) is 33.6 Å². The van der Waals surface area contributed by atoms with Crippen LogP contribution in [0.25, 0.3) is 44.5 Å². The quantitative estimate of drug-likeness (QED) is 0.450. The van der Waals surface area contributed by atoms with Gasteiger partial charge in [-0.25, -0.2) is 4.98 Å². The number of aromatic nitrogens is 4. The number of fused-ring (bicyclic) bond motifs is 1. The molecule has 0 spiro atoms. The summed E-state index contributed by atoms with van der Waals surface area (Å²) >= 11 is 0. The van der Waals surface area contributed by atoms with Crippen molar-refractivity contribution in [3.63, 3.8) is 0 Å². The van der Waals surface area contributed by atoms with Gasteiger partial charge in [-0.2, -0.15) is 5.10 Å². The van der Waals surface area contributed by atoms with Gasteiger partial charge in [0.2, 0.25) is 0 Å². The lowest BCUT2D eigenvalue weighted by Gasteiger charge is -2.13. The summed E-state index contributed by atoms with van der Waals surface area (Å²) in [7, 11) is 0. The molecule has 0 aliphatic heterocycles. The molecule has 134 valence electrons. The number of nitrogens with one attached hydrogen (secondary N) is 1. The monoisotopic (exact) mass is 362 g/mol. The standard InChI is InChI=1S/C24H18N4/c1-16-7-9-18(10-8-16)24-20(17-5-3-2-4-6-17)13-21-22(28-24)11-12-25-23(21)19-14-26-27-15-19/h2-15H,1H3,(H,26,27). The van der Waals surface area contributed by atoms with E-state index in [2.05, 4.69) is 76.7 Å². The van der Waals surface area contributed by atoms with Gasteiger partial charge in [0.15, 0.2) is 0 Å². The smallest absolute Gasteiger partial charge is 0.0827 e. The lowest BCUT2D eigenvalue weighted by atomic mass is 9.96. The number of aryl methyl sites for hydroxylation is 1. The van der Waals surface area contributed by atoms with Gasteiger partial charge in [0.25, 0.3) is 0 Å². The van der Waals surface area contributed by atoms with Crippen LogP contribution >= 0.6 is 0 Å². The Morgan fingerprint density at radius 1 is 0.786 bits per heavy atom. The van der Waals surface area contributed by atoms with Crippen LogP contribution in [-0.2, 0) is 0 Å². The summed E-state index contributed by atoms with van der Waals surface area (Å²) in [6.07, 6.45) is 5.45. The van der Waals surface area contributed by atoms with Crippen molar-refractivity contribution in [2.24, 2.45) is 0 Å². The second-order valence-corrected chi connectivity index (χ2v) is 6.83. The second-order valence-electron chi connectivity index (χ2n) is 6.83. The first-order valence-electron chi connectivity index (χ1n) is 9.21. The number of aromatic amines is 1. The second kappa shape index (κ2) is 6.74. The van der Waals surface area contributed by atoms with Crippen LogP contribution in [-0.4, -0.2) is 20.2 Å². The zero-order valence-electron chi connectivity index (χ0n) is 15.4. The molecule has 4 nitrogen and oxygen atoms in total. The molecule has 0 aliphatic rings. The van der Waals surface area contributed by atoms with Crippen molar-refractivity contribution in [1.82, 2.24) is 20.2 Å². The van der Waals surface area contributed by atoms with E-state index in [0.717, 1.165) is 44.5 Å². The summed E-state index contributed by atoms with van der Waals surface area (Å²) in [4.78, 5) is 9.65. The molecule has 3 aromatic heterocycles. The van der Waals surface area contributed by atoms with Crippen LogP contribution in [0, 0.1) is 6.92 Å². The highest BCUT2D eigenvalue weighted by atomic mass is 15.1. The molecule has 2 aromatic carbocycles. The summed E-state index contributed by atoms with van der Waals surface area (Å²) in [5.41, 5.74) is 8.29. The zero-order chi connectivity index (χ0) is 18.9. The highest BCUT2D eigenvalue weighted by Crippen LogP contribution is 2.36. The fourth-order valence-electron chi connectivity index (χ4n) is 3.48. The highest BCUT2D eigenvalue weighted by molar-refractivity contribution is 5.98. The first kappa shape index (κ1) is 16.4. The van der Waals surface area contributed by atoms with Crippen LogP contribution in [0.2, 0.25) is 0 Å². The van der Waals surface area contributed by atoms with Gasteiger partial charge in [-0.15, -0.1) is 0 Å². The fourth-order valence-corrected chi connectivity index (χ4v) is 3.48. The minimum atomic E-state index is 0.881. The number of nitrogens with zero attached hydrogens (tertiary/aromatic N) is 3. The molecule has 0 unspecified atom stereocenters. The number of pyridine rings is 2. The summed E-state index contributed by atoms with van der Waals surface area (Å²) in [5, 5.41) is 7.96. The van der Waals surface area contributed by atoms with Crippen LogP contribution in [0.1, 0.15) is 5.56 Å². The molecule has 0 amide bonds. The van der Waals surface area contributed by atoms with E-state index in [1.165, 1.54) is 5.56 Å². The molecule has 4 heteroatoms. The maximum absolute atomic E-state index is 5.05. The molecule has 0 saturated heterocycles. The molecule has 0 bridgehead atoms. The molecule has 0 atom stereocenters. The van der Waals surface area contributed by atoms with E-state index in [1.54, 1.807) is 12.4 Å². The van der Waals surface area contributed by atoms with E-state index in [-0.39, 0.29) is 0 Å². The minimum absolute atomic E-state index is 0.881. The first-order valence-corrected chi connectivity index (χ1v) is 9.21. The Morgan fingerprint density at radius 3 is 2.36 bits per heavy atom. The third-order valence-corrected chi connectivity index (χ3v) is 4.92.